The van der Waals surface area contributed by atoms with Crippen molar-refractivity contribution >= 4 is 18.0 Å². The second-order valence-electron chi connectivity index (χ2n) is 8.45. The van der Waals surface area contributed by atoms with E-state index in [0.717, 1.165) is 5.56 Å². The molecule has 0 aromatic heterocycles. The summed E-state index contributed by atoms with van der Waals surface area (Å²) >= 11 is 0. The van der Waals surface area contributed by atoms with E-state index in [9.17, 15) is 14.4 Å². The van der Waals surface area contributed by atoms with Crippen LogP contribution < -0.4 is 10.6 Å². The topological polar surface area (TPSA) is 105 Å². The third-order valence-electron chi connectivity index (χ3n) is 6.10. The van der Waals surface area contributed by atoms with E-state index in [1.807, 2.05) is 36.4 Å². The number of hydrogen-bond donors (Lipinski definition) is 3. The minimum absolute atomic E-state index is 0.0237. The summed E-state index contributed by atoms with van der Waals surface area (Å²) in [7, 11) is 0. The van der Waals surface area contributed by atoms with Gasteiger partial charge in [0.1, 0.15) is 6.61 Å². The van der Waals surface area contributed by atoms with E-state index < -0.39 is 12.1 Å². The first kappa shape index (κ1) is 24.0. The van der Waals surface area contributed by atoms with Crippen molar-refractivity contribution in [2.45, 2.75) is 25.2 Å². The van der Waals surface area contributed by atoms with Crippen LogP contribution >= 0.6 is 0 Å². The molecule has 35 heavy (non-hydrogen) atoms. The molecule has 0 saturated carbocycles. The Hall–Kier alpha value is -4.13. The van der Waals surface area contributed by atoms with E-state index >= 15 is 0 Å². The number of carboxylic acids is 1. The lowest BCUT2D eigenvalue weighted by molar-refractivity contribution is -0.137. The van der Waals surface area contributed by atoms with Crippen LogP contribution in [-0.4, -0.2) is 42.8 Å². The highest BCUT2D eigenvalue weighted by atomic mass is 16.5. The Kier molecular flexibility index (Phi) is 7.77. The maximum Gasteiger partial charge on any atom is 0.407 e. The van der Waals surface area contributed by atoms with Crippen molar-refractivity contribution in [3.8, 4) is 11.1 Å². The van der Waals surface area contributed by atoms with Crippen molar-refractivity contribution in [1.82, 2.24) is 10.6 Å². The number of amides is 2. The minimum Gasteiger partial charge on any atom is -0.481 e. The molecule has 7 nitrogen and oxygen atoms in total. The van der Waals surface area contributed by atoms with Gasteiger partial charge >= 0.3 is 12.1 Å². The quantitative estimate of drug-likeness (QED) is 0.380. The van der Waals surface area contributed by atoms with Crippen LogP contribution in [0.4, 0.5) is 4.79 Å². The fourth-order valence-corrected chi connectivity index (χ4v) is 4.32. The van der Waals surface area contributed by atoms with Crippen LogP contribution in [-0.2, 0) is 16.0 Å². The van der Waals surface area contributed by atoms with Crippen LogP contribution in [0.3, 0.4) is 0 Å². The molecule has 0 spiro atoms. The Balaban J connectivity index is 1.21. The zero-order chi connectivity index (χ0) is 24.6. The standard InChI is InChI=1S/C28H28N2O5/c31-26(32)10-5-16-29-27(33)20-13-11-19(12-14-20)15-17-30-28(34)35-18-25-23-8-3-1-6-21(23)22-7-2-4-9-24(22)25/h1-4,6-9,11-14,25H,5,10,15-18H2,(H,29,33)(H,30,34)(H,31,32). The van der Waals surface area contributed by atoms with Gasteiger partial charge in [-0.15, -0.1) is 0 Å². The SMILES string of the molecule is O=C(O)CCCNC(=O)c1ccc(CCNC(=O)OCC2c3ccccc3-c3ccccc32)cc1. The van der Waals surface area contributed by atoms with E-state index in [2.05, 4.69) is 34.9 Å². The number of rotatable bonds is 10. The number of aliphatic carboxylic acids is 1. The van der Waals surface area contributed by atoms with Gasteiger partial charge in [0, 0.05) is 31.0 Å². The minimum atomic E-state index is -0.879. The van der Waals surface area contributed by atoms with E-state index in [1.54, 1.807) is 12.1 Å². The monoisotopic (exact) mass is 472 g/mol. The molecule has 7 heteroatoms. The van der Waals surface area contributed by atoms with E-state index in [4.69, 9.17) is 9.84 Å². The number of alkyl carbamates (subject to hydrolysis) is 1. The second kappa shape index (κ2) is 11.3. The molecular formula is C28H28N2O5. The first-order valence-electron chi connectivity index (χ1n) is 11.7. The number of carbonyl (C=O) groups is 3. The highest BCUT2D eigenvalue weighted by Gasteiger charge is 2.28. The molecule has 3 N–H and O–H groups in total. The molecule has 4 rings (SSSR count). The molecule has 1 aliphatic carbocycles. The maximum absolute atomic E-state index is 12.3. The van der Waals surface area contributed by atoms with Crippen molar-refractivity contribution in [2.75, 3.05) is 19.7 Å². The predicted octanol–water partition coefficient (Wildman–Crippen LogP) is 4.36. The summed E-state index contributed by atoms with van der Waals surface area (Å²) in [6, 6.07) is 23.5. The molecule has 0 radical (unpaired) electrons. The molecule has 0 bridgehead atoms. The zero-order valence-corrected chi connectivity index (χ0v) is 19.3. The molecule has 1 aliphatic rings. The highest BCUT2D eigenvalue weighted by Crippen LogP contribution is 2.44. The van der Waals surface area contributed by atoms with Gasteiger partial charge in [-0.3, -0.25) is 9.59 Å². The summed E-state index contributed by atoms with van der Waals surface area (Å²) in [5, 5.41) is 14.1. The first-order chi connectivity index (χ1) is 17.0. The fourth-order valence-electron chi connectivity index (χ4n) is 4.32. The number of nitrogens with one attached hydrogen (secondary N) is 2. The van der Waals surface area contributed by atoms with Crippen molar-refractivity contribution in [3.05, 3.63) is 95.1 Å². The van der Waals surface area contributed by atoms with Gasteiger partial charge in [0.05, 0.1) is 0 Å². The lowest BCUT2D eigenvalue weighted by atomic mass is 9.98. The number of hydrogen-bond acceptors (Lipinski definition) is 4. The molecule has 0 unspecified atom stereocenters. The van der Waals surface area contributed by atoms with Crippen molar-refractivity contribution < 1.29 is 24.2 Å². The second-order valence-corrected chi connectivity index (χ2v) is 8.45. The van der Waals surface area contributed by atoms with Gasteiger partial charge in [0.25, 0.3) is 5.91 Å². The number of carboxylic acid groups (broad SMARTS) is 1. The number of ether oxygens (including phenoxy) is 1. The van der Waals surface area contributed by atoms with E-state index in [-0.39, 0.29) is 24.9 Å². The average Bonchev–Trinajstić information content (AvgIpc) is 3.19. The maximum atomic E-state index is 12.3. The van der Waals surface area contributed by atoms with Crippen molar-refractivity contribution in [3.63, 3.8) is 0 Å². The average molecular weight is 473 g/mol. The van der Waals surface area contributed by atoms with E-state index in [0.29, 0.717) is 31.5 Å². The van der Waals surface area contributed by atoms with Gasteiger partial charge in [0.2, 0.25) is 0 Å². The Morgan fingerprint density at radius 3 is 2.06 bits per heavy atom. The molecule has 0 saturated heterocycles. The van der Waals surface area contributed by atoms with Crippen LogP contribution in [0.2, 0.25) is 0 Å². The Morgan fingerprint density at radius 1 is 0.800 bits per heavy atom. The lowest BCUT2D eigenvalue weighted by Gasteiger charge is -2.14. The van der Waals surface area contributed by atoms with Crippen LogP contribution in [0.15, 0.2) is 72.8 Å². The Labute approximate surface area is 204 Å². The van der Waals surface area contributed by atoms with Gasteiger partial charge < -0.3 is 20.5 Å². The van der Waals surface area contributed by atoms with Crippen LogP contribution in [0.5, 0.6) is 0 Å². The number of carbonyl (C=O) groups excluding carboxylic acids is 2. The van der Waals surface area contributed by atoms with Crippen LogP contribution in [0.25, 0.3) is 11.1 Å². The molecular weight excluding hydrogens is 444 g/mol. The Morgan fingerprint density at radius 2 is 1.43 bits per heavy atom. The normalized spacial score (nSPS) is 11.9. The molecule has 0 heterocycles. The number of fused-ring (bicyclic) bond motifs is 3. The highest BCUT2D eigenvalue weighted by molar-refractivity contribution is 5.94. The van der Waals surface area contributed by atoms with Gasteiger partial charge in [-0.05, 0) is 52.8 Å². The summed E-state index contributed by atoms with van der Waals surface area (Å²) in [6.45, 7) is 1.00. The van der Waals surface area contributed by atoms with Crippen molar-refractivity contribution in [2.24, 2.45) is 0 Å². The summed E-state index contributed by atoms with van der Waals surface area (Å²) in [6.07, 6.45) is 0.561. The molecule has 3 aromatic rings. The van der Waals surface area contributed by atoms with Crippen LogP contribution in [0.1, 0.15) is 45.8 Å². The smallest absolute Gasteiger partial charge is 0.407 e. The fraction of sp³-hybridized carbons (Fsp3) is 0.250. The molecule has 0 aliphatic heterocycles. The summed E-state index contributed by atoms with van der Waals surface area (Å²) < 4.78 is 5.55. The third kappa shape index (κ3) is 6.06. The number of benzene rings is 3. The molecule has 2 amide bonds. The zero-order valence-electron chi connectivity index (χ0n) is 19.3. The summed E-state index contributed by atoms with van der Waals surface area (Å²) in [4.78, 5) is 34.9. The van der Waals surface area contributed by atoms with Crippen LogP contribution in [0, 0.1) is 0 Å². The lowest BCUT2D eigenvalue weighted by Crippen LogP contribution is -2.28. The Bertz CT molecular complexity index is 1160. The first-order valence-corrected chi connectivity index (χ1v) is 11.7. The third-order valence-corrected chi connectivity index (χ3v) is 6.10. The van der Waals surface area contributed by atoms with Gasteiger partial charge in [-0.25, -0.2) is 4.79 Å². The van der Waals surface area contributed by atoms with Crippen molar-refractivity contribution in [1.29, 1.82) is 0 Å². The van der Waals surface area contributed by atoms with Gasteiger partial charge in [-0.2, -0.15) is 0 Å². The van der Waals surface area contributed by atoms with E-state index in [1.165, 1.54) is 22.3 Å². The molecule has 180 valence electrons. The van der Waals surface area contributed by atoms with Gasteiger partial charge in [0.15, 0.2) is 0 Å². The summed E-state index contributed by atoms with van der Waals surface area (Å²) in [5.74, 6) is -1.09. The largest absolute Gasteiger partial charge is 0.481 e. The predicted molar refractivity (Wildman–Crippen MR) is 132 cm³/mol. The summed E-state index contributed by atoms with van der Waals surface area (Å²) in [5.41, 5.74) is 6.21. The molecule has 3 aromatic carbocycles. The molecule has 0 atom stereocenters. The molecule has 0 fully saturated rings. The van der Waals surface area contributed by atoms with Gasteiger partial charge in [-0.1, -0.05) is 60.7 Å².